The molecule has 1 amide bonds. The highest BCUT2D eigenvalue weighted by Gasteiger charge is 2.44. The topological polar surface area (TPSA) is 55.8 Å². The minimum atomic E-state index is -0.591. The Kier molecular flexibility index (Phi) is 7.44. The van der Waals surface area contributed by atoms with Gasteiger partial charge < -0.3 is 14.4 Å². The quantitative estimate of drug-likeness (QED) is 0.679. The van der Waals surface area contributed by atoms with Crippen LogP contribution in [0.1, 0.15) is 38.2 Å². The summed E-state index contributed by atoms with van der Waals surface area (Å²) in [5.74, 6) is -0.225. The van der Waals surface area contributed by atoms with E-state index in [1.54, 1.807) is 4.90 Å². The van der Waals surface area contributed by atoms with Crippen LogP contribution in [0.25, 0.3) is 0 Å². The Balaban J connectivity index is 2.05. The molecule has 1 heterocycles. The minimum Gasteiger partial charge on any atom is -0.466 e. The molecule has 1 atom stereocenters. The maximum Gasteiger partial charge on any atom is 0.313 e. The van der Waals surface area contributed by atoms with Crippen LogP contribution in [0.15, 0.2) is 30.3 Å². The number of amides is 1. The summed E-state index contributed by atoms with van der Waals surface area (Å²) >= 11 is 0. The molecule has 138 valence electrons. The summed E-state index contributed by atoms with van der Waals surface area (Å²) in [6, 6.07) is 10.3. The molecule has 2 rings (SSSR count). The number of nitrogens with zero attached hydrogens (tertiary/aromatic N) is 1. The van der Waals surface area contributed by atoms with Gasteiger partial charge in [0.15, 0.2) is 0 Å². The summed E-state index contributed by atoms with van der Waals surface area (Å²) < 4.78 is 10.3. The lowest BCUT2D eigenvalue weighted by Crippen LogP contribution is -2.51. The fraction of sp³-hybridized carbons (Fsp3) is 0.600. The zero-order chi connectivity index (χ0) is 18.1. The van der Waals surface area contributed by atoms with E-state index in [2.05, 4.69) is 12.1 Å². The summed E-state index contributed by atoms with van der Waals surface area (Å²) in [5.41, 5.74) is 0.677. The van der Waals surface area contributed by atoms with E-state index in [0.29, 0.717) is 19.7 Å². The van der Waals surface area contributed by atoms with Gasteiger partial charge in [-0.15, -0.1) is 0 Å². The molecule has 1 aliphatic heterocycles. The predicted molar refractivity (Wildman–Crippen MR) is 96.1 cm³/mol. The molecule has 1 aromatic carbocycles. The van der Waals surface area contributed by atoms with Gasteiger partial charge >= 0.3 is 5.97 Å². The summed E-state index contributed by atoms with van der Waals surface area (Å²) in [6.07, 6.45) is 4.15. The van der Waals surface area contributed by atoms with E-state index in [1.807, 2.05) is 25.1 Å². The molecule has 0 unspecified atom stereocenters. The first-order valence-electron chi connectivity index (χ1n) is 9.09. The van der Waals surface area contributed by atoms with Gasteiger partial charge in [-0.25, -0.2) is 0 Å². The van der Waals surface area contributed by atoms with Crippen LogP contribution >= 0.6 is 0 Å². The monoisotopic (exact) mass is 347 g/mol. The number of esters is 1. The second kappa shape index (κ2) is 9.56. The van der Waals surface area contributed by atoms with Crippen molar-refractivity contribution < 1.29 is 19.1 Å². The molecule has 0 aliphatic carbocycles. The van der Waals surface area contributed by atoms with Crippen molar-refractivity contribution in [2.45, 2.75) is 39.0 Å². The van der Waals surface area contributed by atoms with Crippen LogP contribution < -0.4 is 0 Å². The molecule has 0 radical (unpaired) electrons. The van der Waals surface area contributed by atoms with Crippen LogP contribution in [-0.2, 0) is 25.5 Å². The van der Waals surface area contributed by atoms with E-state index in [1.165, 1.54) is 12.7 Å². The van der Waals surface area contributed by atoms with Crippen LogP contribution in [0.2, 0.25) is 0 Å². The summed E-state index contributed by atoms with van der Waals surface area (Å²) in [5, 5.41) is 0. The molecule has 5 nitrogen and oxygen atoms in total. The normalized spacial score (nSPS) is 20.3. The first-order valence-corrected chi connectivity index (χ1v) is 9.09. The summed E-state index contributed by atoms with van der Waals surface area (Å²) in [7, 11) is 1.51. The molecule has 0 spiro atoms. The predicted octanol–water partition coefficient (Wildman–Crippen LogP) is 2.83. The lowest BCUT2D eigenvalue weighted by Gasteiger charge is -2.41. The number of carbonyl (C=O) groups excluding carboxylic acids is 2. The van der Waals surface area contributed by atoms with Crippen molar-refractivity contribution in [1.29, 1.82) is 0 Å². The van der Waals surface area contributed by atoms with Gasteiger partial charge in [0.25, 0.3) is 0 Å². The van der Waals surface area contributed by atoms with Crippen molar-refractivity contribution in [2.75, 3.05) is 33.4 Å². The number of rotatable bonds is 8. The van der Waals surface area contributed by atoms with Crippen molar-refractivity contribution >= 4 is 11.9 Å². The molecule has 1 aliphatic rings. The number of piperidine rings is 1. The van der Waals surface area contributed by atoms with Gasteiger partial charge in [-0.1, -0.05) is 30.3 Å². The van der Waals surface area contributed by atoms with Crippen molar-refractivity contribution in [2.24, 2.45) is 5.41 Å². The number of likely N-dealkylation sites (tertiary alicyclic amines) is 1. The van der Waals surface area contributed by atoms with Crippen molar-refractivity contribution in [3.63, 3.8) is 0 Å². The second-order valence-corrected chi connectivity index (χ2v) is 6.69. The smallest absolute Gasteiger partial charge is 0.313 e. The lowest BCUT2D eigenvalue weighted by atomic mass is 9.75. The third kappa shape index (κ3) is 5.30. The van der Waals surface area contributed by atoms with Gasteiger partial charge in [-0.3, -0.25) is 9.59 Å². The van der Waals surface area contributed by atoms with E-state index in [0.717, 1.165) is 32.1 Å². The fourth-order valence-electron chi connectivity index (χ4n) is 3.59. The molecule has 5 heteroatoms. The Hall–Kier alpha value is -1.88. The third-order valence-electron chi connectivity index (χ3n) is 4.87. The van der Waals surface area contributed by atoms with Gasteiger partial charge in [-0.2, -0.15) is 0 Å². The van der Waals surface area contributed by atoms with Crippen molar-refractivity contribution in [3.8, 4) is 0 Å². The first-order chi connectivity index (χ1) is 12.1. The number of methoxy groups -OCH3 is 1. The highest BCUT2D eigenvalue weighted by molar-refractivity contribution is 5.81. The van der Waals surface area contributed by atoms with Gasteiger partial charge in [0.05, 0.1) is 12.0 Å². The molecule has 1 aromatic rings. The lowest BCUT2D eigenvalue weighted by molar-refractivity contribution is -0.162. The summed E-state index contributed by atoms with van der Waals surface area (Å²) in [4.78, 5) is 26.7. The molecule has 1 saturated heterocycles. The van der Waals surface area contributed by atoms with E-state index < -0.39 is 5.41 Å². The van der Waals surface area contributed by atoms with E-state index in [4.69, 9.17) is 9.47 Å². The molecule has 1 fully saturated rings. The van der Waals surface area contributed by atoms with Crippen LogP contribution in [0.3, 0.4) is 0 Å². The van der Waals surface area contributed by atoms with Gasteiger partial charge in [0, 0.05) is 20.2 Å². The van der Waals surface area contributed by atoms with Crippen LogP contribution in [0.4, 0.5) is 0 Å². The standard InChI is InChI=1S/C20H29NO4/c1-3-25-19(23)20(12-7-11-17-9-5-4-6-10-17)13-8-14-21(16-20)18(22)15-24-2/h4-6,9-10H,3,7-8,11-16H2,1-2H3/t20-/m1/s1. The maximum absolute atomic E-state index is 12.7. The largest absolute Gasteiger partial charge is 0.466 e. The molecule has 0 bridgehead atoms. The minimum absolute atomic E-state index is 0.0565. The average molecular weight is 347 g/mol. The second-order valence-electron chi connectivity index (χ2n) is 6.69. The zero-order valence-electron chi connectivity index (χ0n) is 15.3. The SMILES string of the molecule is CCOC(=O)[C@]1(CCCc2ccccc2)CCCN(C(=O)COC)C1. The molecule has 25 heavy (non-hydrogen) atoms. The Labute approximate surface area is 150 Å². The van der Waals surface area contributed by atoms with Gasteiger partial charge in [0.2, 0.25) is 5.91 Å². The summed E-state index contributed by atoms with van der Waals surface area (Å²) in [6.45, 7) is 3.37. The number of benzene rings is 1. The number of aryl methyl sites for hydroxylation is 1. The van der Waals surface area contributed by atoms with Crippen molar-refractivity contribution in [1.82, 2.24) is 4.90 Å². The van der Waals surface area contributed by atoms with Gasteiger partial charge in [0.1, 0.15) is 6.61 Å². The number of hydrogen-bond acceptors (Lipinski definition) is 4. The van der Waals surface area contributed by atoms with Gasteiger partial charge in [-0.05, 0) is 44.6 Å². The Bertz CT molecular complexity index is 560. The molecular formula is C20H29NO4. The highest BCUT2D eigenvalue weighted by atomic mass is 16.5. The fourth-order valence-corrected chi connectivity index (χ4v) is 3.59. The first kappa shape index (κ1) is 19.4. The number of ether oxygens (including phenoxy) is 2. The van der Waals surface area contributed by atoms with Crippen LogP contribution in [0, 0.1) is 5.41 Å². The Morgan fingerprint density at radius 1 is 1.24 bits per heavy atom. The van der Waals surface area contributed by atoms with E-state index in [9.17, 15) is 9.59 Å². The average Bonchev–Trinajstić information content (AvgIpc) is 2.63. The van der Waals surface area contributed by atoms with Crippen molar-refractivity contribution in [3.05, 3.63) is 35.9 Å². The molecule has 0 saturated carbocycles. The number of carbonyl (C=O) groups is 2. The third-order valence-corrected chi connectivity index (χ3v) is 4.87. The Morgan fingerprint density at radius 3 is 2.68 bits per heavy atom. The van der Waals surface area contributed by atoms with E-state index in [-0.39, 0.29) is 18.5 Å². The zero-order valence-corrected chi connectivity index (χ0v) is 15.3. The highest BCUT2D eigenvalue weighted by Crippen LogP contribution is 2.36. The molecule has 0 aromatic heterocycles. The molecule has 0 N–H and O–H groups in total. The number of hydrogen-bond donors (Lipinski definition) is 0. The van der Waals surface area contributed by atoms with E-state index >= 15 is 0 Å². The van der Waals surface area contributed by atoms with Crippen LogP contribution in [-0.4, -0.2) is 50.2 Å². The maximum atomic E-state index is 12.7. The molecular weight excluding hydrogens is 318 g/mol. The van der Waals surface area contributed by atoms with Crippen LogP contribution in [0.5, 0.6) is 0 Å². The Morgan fingerprint density at radius 2 is 2.00 bits per heavy atom.